The van der Waals surface area contributed by atoms with E-state index < -0.39 is 17.3 Å². The topological polar surface area (TPSA) is 89.9 Å². The lowest BCUT2D eigenvalue weighted by Crippen LogP contribution is -2.66. The molecule has 35 heavy (non-hydrogen) atoms. The monoisotopic (exact) mass is 519 g/mol. The zero-order valence-corrected chi connectivity index (χ0v) is 20.5. The summed E-state index contributed by atoms with van der Waals surface area (Å²) in [7, 11) is 0. The zero-order chi connectivity index (χ0) is 24.9. The molecule has 2 fully saturated rings. The molecule has 0 radical (unpaired) electrons. The molecule has 2 amide bonds. The van der Waals surface area contributed by atoms with Gasteiger partial charge in [0.05, 0.1) is 16.1 Å². The summed E-state index contributed by atoms with van der Waals surface area (Å²) in [5, 5.41) is 3.63. The van der Waals surface area contributed by atoms with E-state index >= 15 is 0 Å². The molecule has 11 heteroatoms. The number of carbonyl (C=O) groups is 2. The van der Waals surface area contributed by atoms with Gasteiger partial charge in [0.1, 0.15) is 16.5 Å². The molecule has 1 aromatic carbocycles. The third-order valence-corrected chi connectivity index (χ3v) is 7.66. The minimum absolute atomic E-state index is 0.0350. The van der Waals surface area contributed by atoms with Crippen molar-refractivity contribution in [1.82, 2.24) is 24.5 Å². The minimum Gasteiger partial charge on any atom is -0.338 e. The normalized spacial score (nSPS) is 20.2. The smallest absolute Gasteiger partial charge is 0.272 e. The third kappa shape index (κ3) is 4.22. The van der Waals surface area contributed by atoms with Crippen LogP contribution >= 0.6 is 23.2 Å². The molecule has 5 rings (SSSR count). The van der Waals surface area contributed by atoms with Gasteiger partial charge in [0.25, 0.3) is 11.5 Å². The number of benzene rings is 1. The molecular formula is C24H24Cl2FN5O3. The van der Waals surface area contributed by atoms with Gasteiger partial charge in [-0.25, -0.2) is 4.39 Å². The van der Waals surface area contributed by atoms with E-state index in [9.17, 15) is 18.8 Å². The van der Waals surface area contributed by atoms with Crippen LogP contribution in [0, 0.1) is 5.82 Å². The number of aromatic nitrogens is 2. The number of H-pyrrole nitrogens is 1. The Balaban J connectivity index is 1.34. The number of hydrogen-bond donors (Lipinski definition) is 2. The van der Waals surface area contributed by atoms with Gasteiger partial charge in [0.15, 0.2) is 0 Å². The van der Waals surface area contributed by atoms with Gasteiger partial charge in [-0.3, -0.25) is 18.8 Å². The van der Waals surface area contributed by atoms with Crippen LogP contribution in [-0.4, -0.2) is 69.3 Å². The number of fused-ring (bicyclic) bond motifs is 1. The molecule has 2 aliphatic rings. The van der Waals surface area contributed by atoms with Crippen molar-refractivity contribution in [3.05, 3.63) is 73.6 Å². The number of halogens is 3. The molecule has 0 saturated carbocycles. The summed E-state index contributed by atoms with van der Waals surface area (Å²) in [5.74, 6) is -0.991. The summed E-state index contributed by atoms with van der Waals surface area (Å²) in [4.78, 5) is 44.0. The van der Waals surface area contributed by atoms with Gasteiger partial charge in [-0.1, -0.05) is 29.3 Å². The Hall–Kier alpha value is -2.88. The first kappa shape index (κ1) is 23.8. The summed E-state index contributed by atoms with van der Waals surface area (Å²) < 4.78 is 16.2. The SMILES string of the molecule is CC1(C(=O)N2CCN(C(=O)c3cc(Cc4c[nH]c(=O)c5cc(Cl)c(Cl)n45)ccc3F)CC2)CCN1. The summed E-state index contributed by atoms with van der Waals surface area (Å²) in [6.07, 6.45) is 2.60. The fourth-order valence-corrected chi connectivity index (χ4v) is 5.13. The quantitative estimate of drug-likeness (QED) is 0.554. The van der Waals surface area contributed by atoms with Crippen LogP contribution in [0.15, 0.2) is 35.3 Å². The van der Waals surface area contributed by atoms with Crippen molar-refractivity contribution >= 4 is 40.5 Å². The first-order valence-corrected chi connectivity index (χ1v) is 12.1. The third-order valence-electron chi connectivity index (χ3n) is 6.90. The molecule has 184 valence electrons. The van der Waals surface area contributed by atoms with E-state index in [4.69, 9.17) is 23.2 Å². The first-order valence-electron chi connectivity index (χ1n) is 11.4. The van der Waals surface area contributed by atoms with E-state index in [2.05, 4.69) is 10.3 Å². The van der Waals surface area contributed by atoms with Gasteiger partial charge in [-0.15, -0.1) is 0 Å². The summed E-state index contributed by atoms with van der Waals surface area (Å²) in [6.45, 7) is 4.20. The van der Waals surface area contributed by atoms with Crippen LogP contribution in [0.3, 0.4) is 0 Å². The van der Waals surface area contributed by atoms with E-state index in [1.165, 1.54) is 24.4 Å². The maximum atomic E-state index is 14.7. The van der Waals surface area contributed by atoms with Crippen molar-refractivity contribution in [3.8, 4) is 0 Å². The molecule has 0 bridgehead atoms. The Morgan fingerprint density at radius 2 is 1.80 bits per heavy atom. The Kier molecular flexibility index (Phi) is 6.11. The Labute approximate surface area is 210 Å². The number of nitrogens with one attached hydrogen (secondary N) is 2. The van der Waals surface area contributed by atoms with E-state index in [0.717, 1.165) is 13.0 Å². The second-order valence-corrected chi connectivity index (χ2v) is 9.96. The van der Waals surface area contributed by atoms with Crippen LogP contribution in [0.5, 0.6) is 0 Å². The Morgan fingerprint density at radius 3 is 2.46 bits per heavy atom. The lowest BCUT2D eigenvalue weighted by molar-refractivity contribution is -0.142. The highest BCUT2D eigenvalue weighted by molar-refractivity contribution is 6.42. The van der Waals surface area contributed by atoms with Gasteiger partial charge in [0, 0.05) is 44.5 Å². The van der Waals surface area contributed by atoms with Gasteiger partial charge < -0.3 is 20.1 Å². The number of carbonyl (C=O) groups excluding carboxylic acids is 2. The summed E-state index contributed by atoms with van der Waals surface area (Å²) in [6, 6.07) is 5.85. The number of aromatic amines is 1. The van der Waals surface area contributed by atoms with Crippen molar-refractivity contribution in [2.24, 2.45) is 0 Å². The van der Waals surface area contributed by atoms with E-state index in [0.29, 0.717) is 43.0 Å². The van der Waals surface area contributed by atoms with Crippen LogP contribution in [0.4, 0.5) is 4.39 Å². The predicted octanol–water partition coefficient (Wildman–Crippen LogP) is 2.70. The van der Waals surface area contributed by atoms with Crippen molar-refractivity contribution in [1.29, 1.82) is 0 Å². The number of hydrogen-bond acceptors (Lipinski definition) is 4. The zero-order valence-electron chi connectivity index (χ0n) is 19.0. The molecule has 2 saturated heterocycles. The molecule has 2 aromatic heterocycles. The number of nitrogens with zero attached hydrogens (tertiary/aromatic N) is 3. The van der Waals surface area contributed by atoms with Gasteiger partial charge in [-0.2, -0.15) is 0 Å². The second-order valence-electron chi connectivity index (χ2n) is 9.20. The average molecular weight is 520 g/mol. The van der Waals surface area contributed by atoms with Gasteiger partial charge >= 0.3 is 0 Å². The van der Waals surface area contributed by atoms with Crippen molar-refractivity contribution in [2.45, 2.75) is 25.3 Å². The summed E-state index contributed by atoms with van der Waals surface area (Å²) >= 11 is 12.4. The van der Waals surface area contributed by atoms with Crippen molar-refractivity contribution in [3.63, 3.8) is 0 Å². The molecule has 1 atom stereocenters. The molecule has 4 heterocycles. The second kappa shape index (κ2) is 8.96. The van der Waals surface area contributed by atoms with Crippen LogP contribution in [0.1, 0.15) is 35.0 Å². The lowest BCUT2D eigenvalue weighted by atomic mass is 9.88. The van der Waals surface area contributed by atoms with Crippen molar-refractivity contribution in [2.75, 3.05) is 32.7 Å². The molecule has 8 nitrogen and oxygen atoms in total. The van der Waals surface area contributed by atoms with E-state index in [1.807, 2.05) is 6.92 Å². The fourth-order valence-electron chi connectivity index (χ4n) is 4.69. The van der Waals surface area contributed by atoms with Crippen LogP contribution in [-0.2, 0) is 11.2 Å². The highest BCUT2D eigenvalue weighted by atomic mass is 35.5. The highest BCUT2D eigenvalue weighted by Crippen LogP contribution is 2.27. The first-order chi connectivity index (χ1) is 16.7. The highest BCUT2D eigenvalue weighted by Gasteiger charge is 2.42. The molecule has 2 N–H and O–H groups in total. The Morgan fingerprint density at radius 1 is 1.11 bits per heavy atom. The summed E-state index contributed by atoms with van der Waals surface area (Å²) in [5.41, 5.74) is 0.708. The lowest BCUT2D eigenvalue weighted by Gasteiger charge is -2.44. The maximum Gasteiger partial charge on any atom is 0.272 e. The molecule has 2 aliphatic heterocycles. The molecular weight excluding hydrogens is 496 g/mol. The molecule has 1 unspecified atom stereocenters. The van der Waals surface area contributed by atoms with E-state index in [-0.39, 0.29) is 33.6 Å². The minimum atomic E-state index is -0.614. The van der Waals surface area contributed by atoms with Crippen LogP contribution < -0.4 is 10.9 Å². The number of amides is 2. The molecule has 3 aromatic rings. The Bertz CT molecular complexity index is 1390. The fraction of sp³-hybridized carbons (Fsp3) is 0.375. The number of piperazine rings is 1. The standard InChI is InChI=1S/C24H24Cl2FN5O3/c1-24(4-5-29-24)23(35)31-8-6-30(7-9-31)22(34)16-11-14(2-3-18(16)27)10-15-13-28-21(33)19-12-17(25)20(26)32(15)19/h2-3,11-13,29H,4-10H2,1H3,(H,28,33). The number of rotatable bonds is 4. The van der Waals surface area contributed by atoms with E-state index in [1.54, 1.807) is 20.3 Å². The largest absolute Gasteiger partial charge is 0.338 e. The maximum absolute atomic E-state index is 14.7. The van der Waals surface area contributed by atoms with Gasteiger partial charge in [-0.05, 0) is 43.7 Å². The molecule has 0 spiro atoms. The van der Waals surface area contributed by atoms with Crippen LogP contribution in [0.2, 0.25) is 10.2 Å². The predicted molar refractivity (Wildman–Crippen MR) is 131 cm³/mol. The molecule has 0 aliphatic carbocycles. The average Bonchev–Trinajstić information content (AvgIpc) is 3.15. The van der Waals surface area contributed by atoms with Crippen LogP contribution in [0.25, 0.3) is 5.52 Å². The van der Waals surface area contributed by atoms with Gasteiger partial charge in [0.2, 0.25) is 5.91 Å². The van der Waals surface area contributed by atoms with Crippen molar-refractivity contribution < 1.29 is 14.0 Å².